The fraction of sp³-hybridized carbons (Fsp3) is 0.0714. The van der Waals surface area contributed by atoms with Gasteiger partial charge in [-0.3, -0.25) is 10.0 Å². The normalized spacial score (nSPS) is 11.8. The molecule has 0 unspecified atom stereocenters. The molecule has 0 aliphatic rings. The summed E-state index contributed by atoms with van der Waals surface area (Å²) in [6.45, 7) is 0. The molecule has 0 saturated carbocycles. The Balaban J connectivity index is 1.87. The maximum absolute atomic E-state index is 5.03. The predicted molar refractivity (Wildman–Crippen MR) is 136 cm³/mol. The van der Waals surface area contributed by atoms with Crippen LogP contribution in [-0.2, 0) is 0 Å². The Morgan fingerprint density at radius 2 is 0.719 bits per heavy atom. The Labute approximate surface area is 189 Å². The second kappa shape index (κ2) is 10.2. The molecule has 4 heteroatoms. The van der Waals surface area contributed by atoms with Crippen LogP contribution in [-0.4, -0.2) is 25.5 Å². The quantitative estimate of drug-likeness (QED) is 0.269. The zero-order valence-electron chi connectivity index (χ0n) is 18.3. The summed E-state index contributed by atoms with van der Waals surface area (Å²) in [6, 6.07) is 40.6. The van der Waals surface area contributed by atoms with Gasteiger partial charge in [0.25, 0.3) is 0 Å². The van der Waals surface area contributed by atoms with Gasteiger partial charge in [0, 0.05) is 25.2 Å². The maximum Gasteiger partial charge on any atom is 0.119 e. The number of hydrogen-bond acceptors (Lipinski definition) is 4. The molecule has 0 heterocycles. The zero-order valence-corrected chi connectivity index (χ0v) is 18.3. The van der Waals surface area contributed by atoms with E-state index in [4.69, 9.17) is 10.2 Å². The first-order chi connectivity index (χ1) is 15.7. The molecule has 0 amide bonds. The summed E-state index contributed by atoms with van der Waals surface area (Å²) >= 11 is 0. The van der Waals surface area contributed by atoms with E-state index in [2.05, 4.69) is 24.3 Å². The monoisotopic (exact) mass is 418 g/mol. The van der Waals surface area contributed by atoms with E-state index in [1.54, 1.807) is 0 Å². The molecule has 0 bridgehead atoms. The van der Waals surface area contributed by atoms with Gasteiger partial charge in [0.2, 0.25) is 0 Å². The summed E-state index contributed by atoms with van der Waals surface area (Å²) in [5.74, 6) is 0. The summed E-state index contributed by atoms with van der Waals surface area (Å²) < 4.78 is 0. The third-order valence-electron chi connectivity index (χ3n) is 5.08. The third kappa shape index (κ3) is 5.10. The van der Waals surface area contributed by atoms with Crippen LogP contribution in [0.2, 0.25) is 0 Å². The molecule has 0 fully saturated rings. The summed E-state index contributed by atoms with van der Waals surface area (Å²) in [7, 11) is 3.92. The highest BCUT2D eigenvalue weighted by Crippen LogP contribution is 2.18. The lowest BCUT2D eigenvalue weighted by Gasteiger charge is -2.20. The van der Waals surface area contributed by atoms with Crippen molar-refractivity contribution < 1.29 is 0 Å². The van der Waals surface area contributed by atoms with Crippen LogP contribution in [0.4, 0.5) is 11.4 Å². The van der Waals surface area contributed by atoms with Crippen LogP contribution >= 0.6 is 0 Å². The van der Waals surface area contributed by atoms with Gasteiger partial charge < -0.3 is 0 Å². The first kappa shape index (κ1) is 21.1. The van der Waals surface area contributed by atoms with Gasteiger partial charge in [-0.1, -0.05) is 97.1 Å². The van der Waals surface area contributed by atoms with Gasteiger partial charge in [-0.05, 0) is 24.3 Å². The summed E-state index contributed by atoms with van der Waals surface area (Å²) in [4.78, 5) is 0. The van der Waals surface area contributed by atoms with Crippen LogP contribution in [0.3, 0.4) is 0 Å². The van der Waals surface area contributed by atoms with Gasteiger partial charge in [-0.25, -0.2) is 0 Å². The topological polar surface area (TPSA) is 31.2 Å². The molecule has 4 aromatic rings. The van der Waals surface area contributed by atoms with Crippen molar-refractivity contribution in [1.29, 1.82) is 0 Å². The van der Waals surface area contributed by atoms with Crippen LogP contribution in [0.5, 0.6) is 0 Å². The number of nitrogens with zero attached hydrogens (tertiary/aromatic N) is 4. The van der Waals surface area contributed by atoms with Gasteiger partial charge in [0.15, 0.2) is 0 Å². The molecule has 0 aliphatic heterocycles. The molecule has 0 aromatic heterocycles. The highest BCUT2D eigenvalue weighted by molar-refractivity contribution is 6.53. The van der Waals surface area contributed by atoms with E-state index in [-0.39, 0.29) is 0 Å². The third-order valence-corrected chi connectivity index (χ3v) is 5.08. The van der Waals surface area contributed by atoms with Crippen LogP contribution in [0.25, 0.3) is 0 Å². The number of hydrogen-bond donors (Lipinski definition) is 0. The SMILES string of the molecule is CN(N=C(C(=NN(C)c1ccccc1)c1ccccc1)c1ccccc1)c1ccccc1. The van der Waals surface area contributed by atoms with Crippen LogP contribution in [0.1, 0.15) is 11.1 Å². The number of benzene rings is 4. The van der Waals surface area contributed by atoms with Crippen LogP contribution < -0.4 is 10.0 Å². The van der Waals surface area contributed by atoms with Gasteiger partial charge in [-0.2, -0.15) is 10.2 Å². The Kier molecular flexibility index (Phi) is 6.73. The number of para-hydroxylation sites is 2. The molecule has 0 N–H and O–H groups in total. The standard InChI is InChI=1S/C28H26N4/c1-31(25-19-11-5-12-20-25)29-27(23-15-7-3-8-16-23)28(24-17-9-4-10-18-24)30-32(2)26-21-13-6-14-22-26/h3-22H,1-2H3. The minimum atomic E-state index is 0.797. The van der Waals surface area contributed by atoms with Gasteiger partial charge in [-0.15, -0.1) is 0 Å². The molecule has 0 radical (unpaired) electrons. The van der Waals surface area contributed by atoms with E-state index in [9.17, 15) is 0 Å². The molecule has 0 saturated heterocycles. The van der Waals surface area contributed by atoms with Crippen molar-refractivity contribution in [3.8, 4) is 0 Å². The van der Waals surface area contributed by atoms with Crippen molar-refractivity contribution in [2.45, 2.75) is 0 Å². The molecular weight excluding hydrogens is 392 g/mol. The smallest absolute Gasteiger partial charge is 0.119 e. The van der Waals surface area contributed by atoms with E-state index >= 15 is 0 Å². The Morgan fingerprint density at radius 3 is 1.03 bits per heavy atom. The van der Waals surface area contributed by atoms with Crippen LogP contribution in [0, 0.1) is 0 Å². The highest BCUT2D eigenvalue weighted by atomic mass is 15.5. The minimum absolute atomic E-state index is 0.797. The van der Waals surface area contributed by atoms with E-state index < -0.39 is 0 Å². The zero-order chi connectivity index (χ0) is 22.2. The van der Waals surface area contributed by atoms with Gasteiger partial charge in [0.05, 0.1) is 11.4 Å². The second-order valence-electron chi connectivity index (χ2n) is 7.35. The molecule has 0 spiro atoms. The predicted octanol–water partition coefficient (Wildman–Crippen LogP) is 6.07. The average molecular weight is 419 g/mol. The van der Waals surface area contributed by atoms with Crippen molar-refractivity contribution in [1.82, 2.24) is 0 Å². The van der Waals surface area contributed by atoms with Gasteiger partial charge in [0.1, 0.15) is 11.4 Å². The largest absolute Gasteiger partial charge is 0.268 e. The molecule has 4 aromatic carbocycles. The number of rotatable bonds is 7. The lowest BCUT2D eigenvalue weighted by molar-refractivity contribution is 1.01. The summed E-state index contributed by atoms with van der Waals surface area (Å²) in [5, 5.41) is 13.9. The molecular formula is C28H26N4. The van der Waals surface area contributed by atoms with Crippen molar-refractivity contribution >= 4 is 22.8 Å². The fourth-order valence-electron chi connectivity index (χ4n) is 3.38. The highest BCUT2D eigenvalue weighted by Gasteiger charge is 2.17. The molecule has 4 nitrogen and oxygen atoms in total. The molecule has 158 valence electrons. The van der Waals surface area contributed by atoms with Crippen molar-refractivity contribution in [2.75, 3.05) is 24.1 Å². The van der Waals surface area contributed by atoms with Gasteiger partial charge >= 0.3 is 0 Å². The maximum atomic E-state index is 5.03. The molecule has 0 aliphatic carbocycles. The summed E-state index contributed by atoms with van der Waals surface area (Å²) in [6.07, 6.45) is 0. The van der Waals surface area contributed by atoms with Crippen molar-refractivity contribution in [3.63, 3.8) is 0 Å². The lowest BCUT2D eigenvalue weighted by Crippen LogP contribution is -2.25. The Bertz CT molecular complexity index is 1070. The summed E-state index contributed by atoms with van der Waals surface area (Å²) in [5.41, 5.74) is 5.60. The van der Waals surface area contributed by atoms with E-state index in [0.29, 0.717) is 0 Å². The fourth-order valence-corrected chi connectivity index (χ4v) is 3.38. The molecule has 32 heavy (non-hydrogen) atoms. The van der Waals surface area contributed by atoms with Crippen molar-refractivity contribution in [3.05, 3.63) is 132 Å². The first-order valence-corrected chi connectivity index (χ1v) is 10.6. The Morgan fingerprint density at radius 1 is 0.438 bits per heavy atom. The first-order valence-electron chi connectivity index (χ1n) is 10.6. The van der Waals surface area contributed by atoms with Crippen LogP contribution in [0.15, 0.2) is 132 Å². The second-order valence-corrected chi connectivity index (χ2v) is 7.35. The number of anilines is 2. The van der Waals surface area contributed by atoms with Crippen molar-refractivity contribution in [2.24, 2.45) is 10.2 Å². The molecule has 0 atom stereocenters. The minimum Gasteiger partial charge on any atom is -0.268 e. The van der Waals surface area contributed by atoms with E-state index in [1.807, 2.05) is 121 Å². The molecule has 4 rings (SSSR count). The lowest BCUT2D eigenvalue weighted by atomic mass is 10.00. The average Bonchev–Trinajstić information content (AvgIpc) is 2.88. The van der Waals surface area contributed by atoms with E-state index in [0.717, 1.165) is 33.9 Å². The van der Waals surface area contributed by atoms with E-state index in [1.165, 1.54) is 0 Å². The Hall–Kier alpha value is -4.18. The number of hydrazone groups is 2.